The zero-order chi connectivity index (χ0) is 17.3. The smallest absolute Gasteiger partial charge is 0.260 e. The van der Waals surface area contributed by atoms with Crippen molar-refractivity contribution >= 4 is 17.2 Å². The molecule has 7 heteroatoms. The van der Waals surface area contributed by atoms with Gasteiger partial charge in [0.05, 0.1) is 19.3 Å². The van der Waals surface area contributed by atoms with Crippen LogP contribution in [0, 0.1) is 11.6 Å². The molecule has 0 saturated heterocycles. The van der Waals surface area contributed by atoms with E-state index in [4.69, 9.17) is 4.74 Å². The minimum Gasteiger partial charge on any atom is -0.496 e. The first kappa shape index (κ1) is 16.8. The van der Waals surface area contributed by atoms with Crippen molar-refractivity contribution in [3.05, 3.63) is 44.9 Å². The number of hydrogen-bond donors (Lipinski definition) is 0. The molecule has 0 atom stereocenters. The molecule has 0 bridgehead atoms. The molecular weight excluding hydrogens is 334 g/mol. The molecule has 0 unspecified atom stereocenters. The summed E-state index contributed by atoms with van der Waals surface area (Å²) < 4.78 is 32.6. The number of aromatic nitrogens is 1. The summed E-state index contributed by atoms with van der Waals surface area (Å²) in [5.41, 5.74) is 0.720. The van der Waals surface area contributed by atoms with Gasteiger partial charge >= 0.3 is 0 Å². The molecule has 0 aliphatic heterocycles. The van der Waals surface area contributed by atoms with Gasteiger partial charge in [-0.25, -0.2) is 13.8 Å². The number of halogens is 2. The molecule has 1 aromatic heterocycles. The van der Waals surface area contributed by atoms with Crippen molar-refractivity contribution < 1.29 is 18.3 Å². The van der Waals surface area contributed by atoms with Crippen LogP contribution in [-0.4, -0.2) is 29.9 Å². The Balaban J connectivity index is 1.82. The van der Waals surface area contributed by atoms with Crippen molar-refractivity contribution in [2.75, 3.05) is 14.2 Å². The lowest BCUT2D eigenvalue weighted by atomic mass is 10.0. The lowest BCUT2D eigenvalue weighted by Crippen LogP contribution is -2.27. The highest BCUT2D eigenvalue weighted by Crippen LogP contribution is 2.29. The average molecular weight is 352 g/mol. The van der Waals surface area contributed by atoms with Crippen molar-refractivity contribution in [1.82, 2.24) is 9.88 Å². The number of ether oxygens (including phenoxy) is 1. The highest BCUT2D eigenvalue weighted by atomic mass is 32.1. The molecule has 3 rings (SSSR count). The minimum atomic E-state index is -1.19. The van der Waals surface area contributed by atoms with E-state index in [1.807, 2.05) is 0 Å². The molecule has 1 amide bonds. The van der Waals surface area contributed by atoms with E-state index in [1.54, 1.807) is 18.4 Å². The van der Waals surface area contributed by atoms with Crippen LogP contribution in [0.25, 0.3) is 0 Å². The van der Waals surface area contributed by atoms with E-state index in [0.29, 0.717) is 0 Å². The Bertz CT molecular complexity index is 753. The van der Waals surface area contributed by atoms with Gasteiger partial charge < -0.3 is 9.64 Å². The number of rotatable bonds is 4. The number of nitrogens with zero attached hydrogens (tertiary/aromatic N) is 2. The molecule has 24 heavy (non-hydrogen) atoms. The molecule has 4 nitrogen and oxygen atoms in total. The standard InChI is InChI=1S/C17H18F2N2O2S/c1-21(9-14-20-11-5-3-4-6-13(11)24-14)17(22)15-12(23-2)8-7-10(18)16(15)19/h7-8H,3-6,9H2,1-2H3. The summed E-state index contributed by atoms with van der Waals surface area (Å²) >= 11 is 1.59. The van der Waals surface area contributed by atoms with Gasteiger partial charge in [0.2, 0.25) is 0 Å². The second kappa shape index (κ2) is 6.84. The van der Waals surface area contributed by atoms with Gasteiger partial charge in [-0.05, 0) is 37.8 Å². The van der Waals surface area contributed by atoms with Gasteiger partial charge in [-0.15, -0.1) is 11.3 Å². The molecule has 0 spiro atoms. The lowest BCUT2D eigenvalue weighted by Gasteiger charge is -2.18. The number of hydrogen-bond acceptors (Lipinski definition) is 4. The Morgan fingerprint density at radius 1 is 1.33 bits per heavy atom. The van der Waals surface area contributed by atoms with E-state index in [0.717, 1.165) is 42.5 Å². The first-order chi connectivity index (χ1) is 11.5. The first-order valence-corrected chi connectivity index (χ1v) is 8.57. The van der Waals surface area contributed by atoms with Crippen LogP contribution in [0.5, 0.6) is 5.75 Å². The molecular formula is C17H18F2N2O2S. The first-order valence-electron chi connectivity index (χ1n) is 7.76. The molecule has 1 aliphatic carbocycles. The number of carbonyl (C=O) groups excluding carboxylic acids is 1. The van der Waals surface area contributed by atoms with Crippen LogP contribution in [0.15, 0.2) is 12.1 Å². The van der Waals surface area contributed by atoms with E-state index < -0.39 is 17.5 Å². The van der Waals surface area contributed by atoms with Gasteiger partial charge in [-0.2, -0.15) is 0 Å². The largest absolute Gasteiger partial charge is 0.496 e. The summed E-state index contributed by atoms with van der Waals surface area (Å²) in [5.74, 6) is -2.87. The Hall–Kier alpha value is -2.02. The Kier molecular flexibility index (Phi) is 4.80. The predicted molar refractivity (Wildman–Crippen MR) is 87.5 cm³/mol. The molecule has 0 saturated carbocycles. The van der Waals surface area contributed by atoms with Crippen LogP contribution < -0.4 is 4.74 Å². The lowest BCUT2D eigenvalue weighted by molar-refractivity contribution is 0.0775. The van der Waals surface area contributed by atoms with E-state index in [2.05, 4.69) is 4.98 Å². The second-order valence-corrected chi connectivity index (χ2v) is 6.95. The molecule has 1 aliphatic rings. The Labute approximate surface area is 143 Å². The third-order valence-corrected chi connectivity index (χ3v) is 5.24. The fourth-order valence-electron chi connectivity index (χ4n) is 2.84. The van der Waals surface area contributed by atoms with Gasteiger partial charge in [0, 0.05) is 11.9 Å². The SMILES string of the molecule is COc1ccc(F)c(F)c1C(=O)N(C)Cc1nc2c(s1)CCCC2. The zero-order valence-electron chi connectivity index (χ0n) is 13.6. The number of methoxy groups -OCH3 is 1. The maximum Gasteiger partial charge on any atom is 0.260 e. The summed E-state index contributed by atoms with van der Waals surface area (Å²) in [6, 6.07) is 2.20. The Morgan fingerprint density at radius 2 is 2.08 bits per heavy atom. The number of thiazole rings is 1. The monoisotopic (exact) mass is 352 g/mol. The number of fused-ring (bicyclic) bond motifs is 1. The van der Waals surface area contributed by atoms with Crippen molar-refractivity contribution in [2.45, 2.75) is 32.2 Å². The van der Waals surface area contributed by atoms with Crippen molar-refractivity contribution in [3.8, 4) is 5.75 Å². The highest BCUT2D eigenvalue weighted by Gasteiger charge is 2.25. The van der Waals surface area contributed by atoms with E-state index in [-0.39, 0.29) is 17.9 Å². The van der Waals surface area contributed by atoms with Gasteiger partial charge in [0.15, 0.2) is 11.6 Å². The van der Waals surface area contributed by atoms with E-state index in [1.165, 1.54) is 23.0 Å². The number of aryl methyl sites for hydroxylation is 2. The number of amides is 1. The third-order valence-electron chi connectivity index (χ3n) is 4.10. The van der Waals surface area contributed by atoms with Crippen molar-refractivity contribution in [2.24, 2.45) is 0 Å². The van der Waals surface area contributed by atoms with Gasteiger partial charge in [0.25, 0.3) is 5.91 Å². The highest BCUT2D eigenvalue weighted by molar-refractivity contribution is 7.11. The third kappa shape index (κ3) is 3.13. The summed E-state index contributed by atoms with van der Waals surface area (Å²) in [6.45, 7) is 0.260. The number of benzene rings is 1. The van der Waals surface area contributed by atoms with Crippen LogP contribution >= 0.6 is 11.3 Å². The molecule has 1 aromatic carbocycles. The van der Waals surface area contributed by atoms with Crippen molar-refractivity contribution in [3.63, 3.8) is 0 Å². The fourth-order valence-corrected chi connectivity index (χ4v) is 4.05. The quantitative estimate of drug-likeness (QED) is 0.845. The normalized spacial score (nSPS) is 13.5. The zero-order valence-corrected chi connectivity index (χ0v) is 14.4. The van der Waals surface area contributed by atoms with Crippen LogP contribution in [0.3, 0.4) is 0 Å². The minimum absolute atomic E-state index is 0.0178. The molecule has 0 fully saturated rings. The molecule has 128 valence electrons. The summed E-state index contributed by atoms with van der Waals surface area (Å²) in [4.78, 5) is 19.7. The molecule has 2 aromatic rings. The summed E-state index contributed by atoms with van der Waals surface area (Å²) in [6.07, 6.45) is 4.29. The van der Waals surface area contributed by atoms with Crippen molar-refractivity contribution in [1.29, 1.82) is 0 Å². The predicted octanol–water partition coefficient (Wildman–Crippen LogP) is 3.58. The van der Waals surface area contributed by atoms with Crippen LogP contribution in [0.1, 0.15) is 38.8 Å². The van der Waals surface area contributed by atoms with E-state index >= 15 is 0 Å². The van der Waals surface area contributed by atoms with Crippen LogP contribution in [0.2, 0.25) is 0 Å². The molecule has 1 heterocycles. The summed E-state index contributed by atoms with van der Waals surface area (Å²) in [5, 5.41) is 0.813. The molecule has 0 radical (unpaired) electrons. The average Bonchev–Trinajstić information content (AvgIpc) is 2.98. The van der Waals surface area contributed by atoms with Gasteiger partial charge in [-0.1, -0.05) is 0 Å². The maximum absolute atomic E-state index is 14.1. The fraction of sp³-hybridized carbons (Fsp3) is 0.412. The maximum atomic E-state index is 14.1. The number of carbonyl (C=O) groups is 1. The van der Waals surface area contributed by atoms with Crippen LogP contribution in [0.4, 0.5) is 8.78 Å². The topological polar surface area (TPSA) is 42.4 Å². The molecule has 0 N–H and O–H groups in total. The van der Waals surface area contributed by atoms with Crippen LogP contribution in [-0.2, 0) is 19.4 Å². The second-order valence-electron chi connectivity index (χ2n) is 5.78. The van der Waals surface area contributed by atoms with Gasteiger partial charge in [-0.3, -0.25) is 4.79 Å². The van der Waals surface area contributed by atoms with Gasteiger partial charge in [0.1, 0.15) is 16.3 Å². The Morgan fingerprint density at radius 3 is 2.79 bits per heavy atom. The summed E-state index contributed by atoms with van der Waals surface area (Å²) in [7, 11) is 2.87. The van der Waals surface area contributed by atoms with E-state index in [9.17, 15) is 13.6 Å².